The van der Waals surface area contributed by atoms with Crippen molar-refractivity contribution in [2.24, 2.45) is 0 Å². The van der Waals surface area contributed by atoms with Gasteiger partial charge in [0.2, 0.25) is 5.91 Å². The van der Waals surface area contributed by atoms with Crippen LogP contribution in [0.1, 0.15) is 38.7 Å². The van der Waals surface area contributed by atoms with E-state index >= 15 is 0 Å². The molecule has 0 atom stereocenters. The van der Waals surface area contributed by atoms with E-state index in [0.29, 0.717) is 13.2 Å². The van der Waals surface area contributed by atoms with Crippen molar-refractivity contribution in [2.45, 2.75) is 33.1 Å². The molecule has 0 saturated heterocycles. The normalized spacial score (nSPS) is 10.7. The standard InChI is InChI=1S/C18H25NO4/c1-3-12-19(13-11-18(21)22)17(20)10-9-15-7-5-6-8-16(15)23-14-4-2/h5-10H,3-4,11-14H2,1-2H3,(H,21,22)/b10-9+. The first-order valence-electron chi connectivity index (χ1n) is 7.99. The number of carboxylic acids is 1. The van der Waals surface area contributed by atoms with Crippen LogP contribution in [-0.2, 0) is 9.59 Å². The van der Waals surface area contributed by atoms with E-state index < -0.39 is 5.97 Å². The number of carbonyl (C=O) groups excluding carboxylic acids is 1. The Morgan fingerprint density at radius 3 is 2.57 bits per heavy atom. The minimum Gasteiger partial charge on any atom is -0.493 e. The van der Waals surface area contributed by atoms with Crippen LogP contribution in [0.25, 0.3) is 6.08 Å². The van der Waals surface area contributed by atoms with Crippen molar-refractivity contribution in [1.29, 1.82) is 0 Å². The van der Waals surface area contributed by atoms with E-state index in [1.54, 1.807) is 11.0 Å². The quantitative estimate of drug-likeness (QED) is 0.673. The van der Waals surface area contributed by atoms with Gasteiger partial charge in [0.25, 0.3) is 0 Å². The predicted octanol–water partition coefficient (Wildman–Crippen LogP) is 3.20. The summed E-state index contributed by atoms with van der Waals surface area (Å²) in [5, 5.41) is 8.77. The topological polar surface area (TPSA) is 66.8 Å². The minimum absolute atomic E-state index is 0.0459. The number of carboxylic acid groups (broad SMARTS) is 1. The fraction of sp³-hybridized carbons (Fsp3) is 0.444. The molecule has 1 aromatic rings. The summed E-state index contributed by atoms with van der Waals surface area (Å²) in [6.45, 7) is 5.38. The zero-order chi connectivity index (χ0) is 17.1. The molecular weight excluding hydrogens is 294 g/mol. The number of ether oxygens (including phenoxy) is 1. The van der Waals surface area contributed by atoms with Gasteiger partial charge in [0, 0.05) is 24.7 Å². The maximum absolute atomic E-state index is 12.2. The smallest absolute Gasteiger partial charge is 0.305 e. The van der Waals surface area contributed by atoms with Crippen LogP contribution >= 0.6 is 0 Å². The van der Waals surface area contributed by atoms with Crippen molar-refractivity contribution in [3.05, 3.63) is 35.9 Å². The van der Waals surface area contributed by atoms with Gasteiger partial charge in [-0.2, -0.15) is 0 Å². The number of hydrogen-bond donors (Lipinski definition) is 1. The van der Waals surface area contributed by atoms with Crippen LogP contribution in [0.4, 0.5) is 0 Å². The van der Waals surface area contributed by atoms with Crippen molar-refractivity contribution in [2.75, 3.05) is 19.7 Å². The first-order chi connectivity index (χ1) is 11.1. The SMILES string of the molecule is CCCOc1ccccc1/C=C/C(=O)N(CCC)CCC(=O)O. The molecular formula is C18H25NO4. The lowest BCUT2D eigenvalue weighted by molar-refractivity contribution is -0.138. The number of hydrogen-bond acceptors (Lipinski definition) is 3. The number of amides is 1. The van der Waals surface area contributed by atoms with Gasteiger partial charge in [-0.1, -0.05) is 32.0 Å². The van der Waals surface area contributed by atoms with Crippen molar-refractivity contribution < 1.29 is 19.4 Å². The minimum atomic E-state index is -0.902. The average Bonchev–Trinajstić information content (AvgIpc) is 2.55. The van der Waals surface area contributed by atoms with Gasteiger partial charge in [0.1, 0.15) is 5.75 Å². The first kappa shape index (κ1) is 18.7. The van der Waals surface area contributed by atoms with Gasteiger partial charge in [-0.25, -0.2) is 0 Å². The lowest BCUT2D eigenvalue weighted by Gasteiger charge is -2.19. The molecule has 5 nitrogen and oxygen atoms in total. The molecule has 126 valence electrons. The molecule has 0 heterocycles. The Labute approximate surface area is 137 Å². The first-order valence-corrected chi connectivity index (χ1v) is 7.99. The molecule has 0 radical (unpaired) electrons. The molecule has 0 fully saturated rings. The monoisotopic (exact) mass is 319 g/mol. The van der Waals surface area contributed by atoms with Gasteiger partial charge in [-0.3, -0.25) is 9.59 Å². The second kappa shape index (κ2) is 10.4. The molecule has 0 unspecified atom stereocenters. The molecule has 0 saturated carbocycles. The summed E-state index contributed by atoms with van der Waals surface area (Å²) >= 11 is 0. The Kier molecular flexibility index (Phi) is 8.50. The van der Waals surface area contributed by atoms with Gasteiger partial charge in [0.05, 0.1) is 13.0 Å². The number of para-hydroxylation sites is 1. The van der Waals surface area contributed by atoms with E-state index in [1.165, 1.54) is 6.08 Å². The van der Waals surface area contributed by atoms with E-state index in [9.17, 15) is 9.59 Å². The van der Waals surface area contributed by atoms with E-state index in [0.717, 1.165) is 24.2 Å². The van der Waals surface area contributed by atoms with Crippen LogP contribution in [0.5, 0.6) is 5.75 Å². The Hall–Kier alpha value is -2.30. The third-order valence-electron chi connectivity index (χ3n) is 3.19. The van der Waals surface area contributed by atoms with Crippen molar-refractivity contribution in [3.63, 3.8) is 0 Å². The molecule has 1 N–H and O–H groups in total. The molecule has 0 aliphatic heterocycles. The molecule has 0 bridgehead atoms. The summed E-state index contributed by atoms with van der Waals surface area (Å²) < 4.78 is 5.65. The van der Waals surface area contributed by atoms with Crippen molar-refractivity contribution in [3.8, 4) is 5.75 Å². The highest BCUT2D eigenvalue weighted by Crippen LogP contribution is 2.19. The Balaban J connectivity index is 2.76. The van der Waals surface area contributed by atoms with Crippen LogP contribution in [0, 0.1) is 0 Å². The summed E-state index contributed by atoms with van der Waals surface area (Å²) in [6.07, 6.45) is 4.85. The largest absolute Gasteiger partial charge is 0.493 e. The van der Waals surface area contributed by atoms with Crippen LogP contribution in [0.3, 0.4) is 0 Å². The van der Waals surface area contributed by atoms with Crippen molar-refractivity contribution in [1.82, 2.24) is 4.90 Å². The molecule has 1 aromatic carbocycles. The highest BCUT2D eigenvalue weighted by atomic mass is 16.5. The number of benzene rings is 1. The van der Waals surface area contributed by atoms with Crippen LogP contribution < -0.4 is 4.74 Å². The van der Waals surface area contributed by atoms with E-state index in [1.807, 2.05) is 38.1 Å². The van der Waals surface area contributed by atoms with E-state index in [-0.39, 0.29) is 18.9 Å². The second-order valence-electron chi connectivity index (χ2n) is 5.19. The van der Waals surface area contributed by atoms with Gasteiger partial charge in [-0.15, -0.1) is 0 Å². The fourth-order valence-corrected chi connectivity index (χ4v) is 2.06. The van der Waals surface area contributed by atoms with Gasteiger partial charge >= 0.3 is 5.97 Å². The predicted molar refractivity (Wildman–Crippen MR) is 90.4 cm³/mol. The third kappa shape index (κ3) is 7.00. The van der Waals surface area contributed by atoms with Crippen LogP contribution in [0.15, 0.2) is 30.3 Å². The van der Waals surface area contributed by atoms with Crippen LogP contribution in [0.2, 0.25) is 0 Å². The molecule has 0 spiro atoms. The van der Waals surface area contributed by atoms with Crippen molar-refractivity contribution >= 4 is 18.0 Å². The third-order valence-corrected chi connectivity index (χ3v) is 3.19. The average molecular weight is 319 g/mol. The summed E-state index contributed by atoms with van der Waals surface area (Å²) in [4.78, 5) is 24.5. The summed E-state index contributed by atoms with van der Waals surface area (Å²) in [7, 11) is 0. The summed E-state index contributed by atoms with van der Waals surface area (Å²) in [5.41, 5.74) is 0.837. The number of rotatable bonds is 10. The van der Waals surface area contributed by atoms with Gasteiger partial charge in [0.15, 0.2) is 0 Å². The molecule has 5 heteroatoms. The molecule has 1 amide bonds. The van der Waals surface area contributed by atoms with E-state index in [2.05, 4.69) is 0 Å². The lowest BCUT2D eigenvalue weighted by atomic mass is 10.2. The van der Waals surface area contributed by atoms with E-state index in [4.69, 9.17) is 9.84 Å². The maximum Gasteiger partial charge on any atom is 0.305 e. The van der Waals surface area contributed by atoms with Gasteiger partial charge < -0.3 is 14.7 Å². The summed E-state index contributed by atoms with van der Waals surface area (Å²) in [5.74, 6) is -0.342. The molecule has 0 aliphatic rings. The maximum atomic E-state index is 12.2. The molecule has 0 aliphatic carbocycles. The Morgan fingerprint density at radius 2 is 1.91 bits per heavy atom. The van der Waals surface area contributed by atoms with Crippen LogP contribution in [-0.4, -0.2) is 41.6 Å². The Bertz CT molecular complexity index is 540. The Morgan fingerprint density at radius 1 is 1.17 bits per heavy atom. The second-order valence-corrected chi connectivity index (χ2v) is 5.19. The molecule has 23 heavy (non-hydrogen) atoms. The number of carbonyl (C=O) groups is 2. The lowest BCUT2D eigenvalue weighted by Crippen LogP contribution is -2.32. The highest BCUT2D eigenvalue weighted by molar-refractivity contribution is 5.92. The number of nitrogens with zero attached hydrogens (tertiary/aromatic N) is 1. The fourth-order valence-electron chi connectivity index (χ4n) is 2.06. The highest BCUT2D eigenvalue weighted by Gasteiger charge is 2.11. The zero-order valence-corrected chi connectivity index (χ0v) is 13.8. The summed E-state index contributed by atoms with van der Waals surface area (Å²) in [6, 6.07) is 7.53. The number of aliphatic carboxylic acids is 1. The van der Waals surface area contributed by atoms with Gasteiger partial charge in [-0.05, 0) is 25.0 Å². The molecule has 0 aromatic heterocycles. The molecule has 1 rings (SSSR count). The zero-order valence-electron chi connectivity index (χ0n) is 13.8.